The lowest BCUT2D eigenvalue weighted by Crippen LogP contribution is -2.37. The highest BCUT2D eigenvalue weighted by atomic mass is 35.5. The average molecular weight is 500 g/mol. The number of ether oxygens (including phenoxy) is 1. The van der Waals surface area contributed by atoms with Crippen molar-refractivity contribution in [3.8, 4) is 5.75 Å². The van der Waals surface area contributed by atoms with Crippen LogP contribution in [0.15, 0.2) is 71.6 Å². The van der Waals surface area contributed by atoms with Crippen LogP contribution < -0.4 is 14.8 Å². The van der Waals surface area contributed by atoms with Crippen molar-refractivity contribution in [2.45, 2.75) is 4.90 Å². The summed E-state index contributed by atoms with van der Waals surface area (Å²) in [5.74, 6) is -1.56. The number of imide groups is 1. The quantitative estimate of drug-likeness (QED) is 0.480. The SMILES string of the molecule is COc1ccccc1NS(=O)(=O)c1ccc(Cl)c(NC(=O)CN2C(=O)c3ccccc3C2=O)c1. The van der Waals surface area contributed by atoms with E-state index in [1.54, 1.807) is 30.3 Å². The first-order valence-corrected chi connectivity index (χ1v) is 11.8. The maximum atomic E-state index is 12.9. The maximum Gasteiger partial charge on any atom is 0.262 e. The van der Waals surface area contributed by atoms with Crippen LogP contribution in [0.2, 0.25) is 5.02 Å². The predicted molar refractivity (Wildman–Crippen MR) is 126 cm³/mol. The van der Waals surface area contributed by atoms with Crippen LogP contribution in [0.3, 0.4) is 0 Å². The monoisotopic (exact) mass is 499 g/mol. The Balaban J connectivity index is 1.52. The van der Waals surface area contributed by atoms with Crippen molar-refractivity contribution >= 4 is 50.7 Å². The first kappa shape index (κ1) is 23.3. The molecule has 0 radical (unpaired) electrons. The van der Waals surface area contributed by atoms with Crippen molar-refractivity contribution < 1.29 is 27.5 Å². The van der Waals surface area contributed by atoms with Gasteiger partial charge in [0.15, 0.2) is 0 Å². The van der Waals surface area contributed by atoms with Crippen LogP contribution in [-0.2, 0) is 14.8 Å². The normalized spacial score (nSPS) is 12.9. The van der Waals surface area contributed by atoms with Crippen LogP contribution >= 0.6 is 11.6 Å². The maximum absolute atomic E-state index is 12.9. The zero-order chi connectivity index (χ0) is 24.5. The Morgan fingerprint density at radius 1 is 0.941 bits per heavy atom. The van der Waals surface area contributed by atoms with Crippen molar-refractivity contribution in [1.82, 2.24) is 4.90 Å². The number of carbonyl (C=O) groups excluding carboxylic acids is 3. The molecule has 0 unspecified atom stereocenters. The molecule has 1 heterocycles. The van der Waals surface area contributed by atoms with Gasteiger partial charge in [-0.15, -0.1) is 0 Å². The molecule has 0 spiro atoms. The second-order valence-electron chi connectivity index (χ2n) is 7.24. The van der Waals surface area contributed by atoms with Gasteiger partial charge >= 0.3 is 0 Å². The molecule has 2 N–H and O–H groups in total. The molecule has 0 saturated carbocycles. The highest BCUT2D eigenvalue weighted by Gasteiger charge is 2.36. The minimum absolute atomic E-state index is 0.00572. The van der Waals surface area contributed by atoms with Gasteiger partial charge in [-0.3, -0.25) is 24.0 Å². The number of hydrogen-bond donors (Lipinski definition) is 2. The molecule has 3 aromatic rings. The van der Waals surface area contributed by atoms with Gasteiger partial charge in [-0.25, -0.2) is 8.42 Å². The van der Waals surface area contributed by atoms with Gasteiger partial charge in [-0.1, -0.05) is 35.9 Å². The summed E-state index contributed by atoms with van der Waals surface area (Å²) in [4.78, 5) is 38.2. The fraction of sp³-hybridized carbons (Fsp3) is 0.0870. The number of benzene rings is 3. The van der Waals surface area contributed by atoms with E-state index in [2.05, 4.69) is 10.0 Å². The Morgan fingerprint density at radius 2 is 1.56 bits per heavy atom. The number of anilines is 2. The summed E-state index contributed by atoms with van der Waals surface area (Å²) in [6, 6.07) is 16.5. The molecule has 0 bridgehead atoms. The average Bonchev–Trinajstić information content (AvgIpc) is 3.05. The number of para-hydroxylation sites is 2. The topological polar surface area (TPSA) is 122 Å². The number of hydrogen-bond acceptors (Lipinski definition) is 6. The van der Waals surface area contributed by atoms with E-state index in [0.717, 1.165) is 4.90 Å². The molecule has 0 fully saturated rings. The third-order valence-electron chi connectivity index (χ3n) is 5.05. The lowest BCUT2D eigenvalue weighted by atomic mass is 10.1. The van der Waals surface area contributed by atoms with Crippen LogP contribution in [-0.4, -0.2) is 44.7 Å². The molecule has 0 saturated heterocycles. The fourth-order valence-electron chi connectivity index (χ4n) is 3.42. The summed E-state index contributed by atoms with van der Waals surface area (Å²) >= 11 is 6.15. The molecule has 0 atom stereocenters. The Kier molecular flexibility index (Phi) is 6.27. The van der Waals surface area contributed by atoms with Crippen molar-refractivity contribution in [1.29, 1.82) is 0 Å². The van der Waals surface area contributed by atoms with Crippen molar-refractivity contribution in [2.24, 2.45) is 0 Å². The second-order valence-corrected chi connectivity index (χ2v) is 9.33. The van der Waals surface area contributed by atoms with E-state index in [0.29, 0.717) is 5.75 Å². The van der Waals surface area contributed by atoms with Gasteiger partial charge in [-0.2, -0.15) is 0 Å². The number of nitrogens with one attached hydrogen (secondary N) is 2. The molecular formula is C23H18ClN3O6S. The minimum atomic E-state index is -4.06. The van der Waals surface area contributed by atoms with Gasteiger partial charge < -0.3 is 10.1 Å². The molecule has 9 nitrogen and oxygen atoms in total. The van der Waals surface area contributed by atoms with E-state index in [1.807, 2.05) is 0 Å². The number of halogens is 1. The Bertz CT molecular complexity index is 1390. The standard InChI is InChI=1S/C23H18ClN3O6S/c1-33-20-9-5-4-8-18(20)26-34(31,32)14-10-11-17(24)19(12-14)25-21(28)13-27-22(29)15-6-2-3-7-16(15)23(27)30/h2-12,26H,13H2,1H3,(H,25,28). The summed E-state index contributed by atoms with van der Waals surface area (Å²) in [6.07, 6.45) is 0. The molecule has 4 rings (SSSR count). The Morgan fingerprint density at radius 3 is 2.21 bits per heavy atom. The smallest absolute Gasteiger partial charge is 0.262 e. The van der Waals surface area contributed by atoms with Gasteiger partial charge in [0.2, 0.25) is 5.91 Å². The van der Waals surface area contributed by atoms with E-state index in [9.17, 15) is 22.8 Å². The summed E-state index contributed by atoms with van der Waals surface area (Å²) in [7, 11) is -2.64. The molecule has 11 heteroatoms. The van der Waals surface area contributed by atoms with Gasteiger partial charge in [0.1, 0.15) is 12.3 Å². The Hall–Kier alpha value is -3.89. The second kappa shape index (κ2) is 9.16. The molecule has 1 aliphatic rings. The highest BCUT2D eigenvalue weighted by Crippen LogP contribution is 2.30. The van der Waals surface area contributed by atoms with E-state index in [4.69, 9.17) is 16.3 Å². The highest BCUT2D eigenvalue weighted by molar-refractivity contribution is 7.92. The van der Waals surface area contributed by atoms with E-state index >= 15 is 0 Å². The molecule has 0 aliphatic carbocycles. The van der Waals surface area contributed by atoms with Gasteiger partial charge in [-0.05, 0) is 42.5 Å². The number of amides is 3. The predicted octanol–water partition coefficient (Wildman–Crippen LogP) is 3.38. The number of nitrogens with zero attached hydrogens (tertiary/aromatic N) is 1. The summed E-state index contributed by atoms with van der Waals surface area (Å²) in [5.41, 5.74) is 0.671. The summed E-state index contributed by atoms with van der Waals surface area (Å²) < 4.78 is 33.4. The molecule has 3 amide bonds. The number of fused-ring (bicyclic) bond motifs is 1. The van der Waals surface area contributed by atoms with Gasteiger partial charge in [0, 0.05) is 0 Å². The lowest BCUT2D eigenvalue weighted by Gasteiger charge is -2.15. The van der Waals surface area contributed by atoms with Crippen LogP contribution in [0.1, 0.15) is 20.7 Å². The summed E-state index contributed by atoms with van der Waals surface area (Å²) in [5, 5.41) is 2.55. The molecule has 0 aromatic heterocycles. The van der Waals surface area contributed by atoms with Crippen molar-refractivity contribution in [3.63, 3.8) is 0 Å². The molecular weight excluding hydrogens is 482 g/mol. The zero-order valence-corrected chi connectivity index (χ0v) is 19.3. The van der Waals surface area contributed by atoms with Gasteiger partial charge in [0.05, 0.1) is 39.5 Å². The minimum Gasteiger partial charge on any atom is -0.495 e. The number of sulfonamides is 1. The van der Waals surface area contributed by atoms with E-state index < -0.39 is 34.3 Å². The van der Waals surface area contributed by atoms with Crippen molar-refractivity contribution in [3.05, 3.63) is 82.9 Å². The molecule has 174 valence electrons. The molecule has 1 aliphatic heterocycles. The van der Waals surface area contributed by atoms with Crippen LogP contribution in [0, 0.1) is 0 Å². The third-order valence-corrected chi connectivity index (χ3v) is 6.75. The first-order valence-electron chi connectivity index (χ1n) is 9.92. The zero-order valence-electron chi connectivity index (χ0n) is 17.7. The number of carbonyl (C=O) groups is 3. The summed E-state index contributed by atoms with van der Waals surface area (Å²) in [6.45, 7) is -0.556. The molecule has 34 heavy (non-hydrogen) atoms. The number of methoxy groups -OCH3 is 1. The number of rotatable bonds is 7. The lowest BCUT2D eigenvalue weighted by molar-refractivity contribution is -0.116. The van der Waals surface area contributed by atoms with Crippen molar-refractivity contribution in [2.75, 3.05) is 23.7 Å². The van der Waals surface area contributed by atoms with E-state index in [-0.39, 0.29) is 32.4 Å². The van der Waals surface area contributed by atoms with Gasteiger partial charge in [0.25, 0.3) is 21.8 Å². The fourth-order valence-corrected chi connectivity index (χ4v) is 4.68. The van der Waals surface area contributed by atoms with Crippen LogP contribution in [0.25, 0.3) is 0 Å². The van der Waals surface area contributed by atoms with Crippen LogP contribution in [0.4, 0.5) is 11.4 Å². The molecule has 3 aromatic carbocycles. The largest absolute Gasteiger partial charge is 0.495 e. The Labute approximate surface area is 200 Å². The first-order chi connectivity index (χ1) is 16.2. The third kappa shape index (κ3) is 4.45. The van der Waals surface area contributed by atoms with E-state index in [1.165, 1.54) is 43.5 Å². The van der Waals surface area contributed by atoms with Crippen LogP contribution in [0.5, 0.6) is 5.75 Å².